The summed E-state index contributed by atoms with van der Waals surface area (Å²) in [6.45, 7) is 4.83. The highest BCUT2D eigenvalue weighted by molar-refractivity contribution is 6.46. The summed E-state index contributed by atoms with van der Waals surface area (Å²) in [5.41, 5.74) is 2.30. The topological polar surface area (TPSA) is 46.6 Å². The van der Waals surface area contributed by atoms with Crippen LogP contribution in [0.15, 0.2) is 24.3 Å². The molecular weight excluding hydrogens is 433 g/mol. The first-order valence-electron chi connectivity index (χ1n) is 9.47. The van der Waals surface area contributed by atoms with Crippen molar-refractivity contribution in [3.05, 3.63) is 61.6 Å². The zero-order valence-corrected chi connectivity index (χ0v) is 18.4. The van der Waals surface area contributed by atoms with Crippen LogP contribution in [0.1, 0.15) is 51.1 Å². The third-order valence-corrected chi connectivity index (χ3v) is 6.86. The number of carbonyl (C=O) groups excluding carboxylic acids is 2. The first-order chi connectivity index (χ1) is 13.7. The lowest BCUT2D eigenvalue weighted by Gasteiger charge is -2.44. The van der Waals surface area contributed by atoms with Gasteiger partial charge in [-0.25, -0.2) is 0 Å². The molecule has 0 aromatic heterocycles. The maximum Gasteiger partial charge on any atom is 0.256 e. The molecule has 0 atom stereocenters. The fraction of sp³-hybridized carbons (Fsp3) is 0.364. The standard InChI is InChI=1S/C22H20Cl3NO3/c1-12-9-13(2)20-14(10-12)17(27)11-22(29-20)5-7-26(8-6-22)21(28)18-15(23)3-4-16(24)19(18)25/h3-4,9-10H,5-8,11H2,1-2H3. The van der Waals surface area contributed by atoms with Crippen LogP contribution in [0.2, 0.25) is 15.1 Å². The molecule has 2 heterocycles. The van der Waals surface area contributed by atoms with Gasteiger partial charge in [-0.15, -0.1) is 0 Å². The van der Waals surface area contributed by atoms with E-state index >= 15 is 0 Å². The van der Waals surface area contributed by atoms with E-state index in [-0.39, 0.29) is 32.3 Å². The Morgan fingerprint density at radius 2 is 1.72 bits per heavy atom. The summed E-state index contributed by atoms with van der Waals surface area (Å²) < 4.78 is 6.38. The summed E-state index contributed by atoms with van der Waals surface area (Å²) in [6, 6.07) is 7.04. The summed E-state index contributed by atoms with van der Waals surface area (Å²) in [7, 11) is 0. The highest BCUT2D eigenvalue weighted by Gasteiger charge is 2.44. The van der Waals surface area contributed by atoms with Crippen molar-refractivity contribution in [3.63, 3.8) is 0 Å². The average molecular weight is 453 g/mol. The highest BCUT2D eigenvalue weighted by Crippen LogP contribution is 2.42. The van der Waals surface area contributed by atoms with Crippen LogP contribution >= 0.6 is 34.8 Å². The number of hydrogen-bond acceptors (Lipinski definition) is 3. The van der Waals surface area contributed by atoms with Crippen LogP contribution < -0.4 is 4.74 Å². The number of ketones is 1. The Morgan fingerprint density at radius 3 is 2.41 bits per heavy atom. The quantitative estimate of drug-likeness (QED) is 0.506. The molecule has 0 radical (unpaired) electrons. The van der Waals surface area contributed by atoms with Gasteiger partial charge in [0.2, 0.25) is 0 Å². The third kappa shape index (κ3) is 3.63. The van der Waals surface area contributed by atoms with E-state index in [1.54, 1.807) is 17.0 Å². The number of Topliss-reactive ketones (excluding diaryl/α,β-unsaturated/α-hetero) is 1. The average Bonchev–Trinajstić information content (AvgIpc) is 2.67. The summed E-state index contributed by atoms with van der Waals surface area (Å²) in [4.78, 5) is 27.5. The molecule has 2 aromatic rings. The number of nitrogens with zero attached hydrogens (tertiary/aromatic N) is 1. The Bertz CT molecular complexity index is 1030. The van der Waals surface area contributed by atoms with Gasteiger partial charge in [0, 0.05) is 25.9 Å². The van der Waals surface area contributed by atoms with Gasteiger partial charge in [0.1, 0.15) is 11.4 Å². The second-order valence-electron chi connectivity index (χ2n) is 7.85. The second-order valence-corrected chi connectivity index (χ2v) is 9.05. The van der Waals surface area contributed by atoms with E-state index in [2.05, 4.69) is 0 Å². The van der Waals surface area contributed by atoms with Crippen LogP contribution in [0.5, 0.6) is 5.75 Å². The van der Waals surface area contributed by atoms with E-state index in [0.29, 0.717) is 43.7 Å². The first-order valence-corrected chi connectivity index (χ1v) is 10.6. The maximum absolute atomic E-state index is 13.0. The smallest absolute Gasteiger partial charge is 0.256 e. The zero-order chi connectivity index (χ0) is 20.9. The van der Waals surface area contributed by atoms with Crippen LogP contribution in [0, 0.1) is 13.8 Å². The number of piperidine rings is 1. The number of aryl methyl sites for hydroxylation is 2. The Morgan fingerprint density at radius 1 is 1.07 bits per heavy atom. The van der Waals surface area contributed by atoms with Crippen LogP contribution in [0.4, 0.5) is 0 Å². The predicted molar refractivity (Wildman–Crippen MR) is 115 cm³/mol. The fourth-order valence-electron chi connectivity index (χ4n) is 4.21. The lowest BCUT2D eigenvalue weighted by atomic mass is 9.81. The van der Waals surface area contributed by atoms with Crippen molar-refractivity contribution in [2.24, 2.45) is 0 Å². The minimum Gasteiger partial charge on any atom is -0.486 e. The number of hydrogen-bond donors (Lipinski definition) is 0. The van der Waals surface area contributed by atoms with E-state index in [0.717, 1.165) is 11.1 Å². The van der Waals surface area contributed by atoms with E-state index in [1.807, 2.05) is 26.0 Å². The monoisotopic (exact) mass is 451 g/mol. The van der Waals surface area contributed by atoms with Crippen molar-refractivity contribution in [2.75, 3.05) is 13.1 Å². The van der Waals surface area contributed by atoms with Crippen molar-refractivity contribution in [2.45, 2.75) is 38.7 Å². The largest absolute Gasteiger partial charge is 0.486 e. The van der Waals surface area contributed by atoms with Crippen LogP contribution in [-0.2, 0) is 0 Å². The van der Waals surface area contributed by atoms with Crippen molar-refractivity contribution in [1.82, 2.24) is 4.90 Å². The molecule has 7 heteroatoms. The van der Waals surface area contributed by atoms with E-state index in [1.165, 1.54) is 0 Å². The van der Waals surface area contributed by atoms with Gasteiger partial charge in [-0.2, -0.15) is 0 Å². The summed E-state index contributed by atoms with van der Waals surface area (Å²) >= 11 is 18.5. The van der Waals surface area contributed by atoms with E-state index in [9.17, 15) is 9.59 Å². The Kier molecular flexibility index (Phi) is 5.30. The summed E-state index contributed by atoms with van der Waals surface area (Å²) in [5.74, 6) is 0.512. The van der Waals surface area contributed by atoms with E-state index in [4.69, 9.17) is 39.5 Å². The van der Waals surface area contributed by atoms with Gasteiger partial charge >= 0.3 is 0 Å². The molecule has 152 valence electrons. The number of halogens is 3. The number of amides is 1. The third-order valence-electron chi connectivity index (χ3n) is 5.74. The SMILES string of the molecule is Cc1cc(C)c2c(c1)C(=O)CC1(CCN(C(=O)c3c(Cl)ccc(Cl)c3Cl)CC1)O2. The van der Waals surface area contributed by atoms with Gasteiger partial charge in [-0.3, -0.25) is 9.59 Å². The molecule has 0 aliphatic carbocycles. The Hall–Kier alpha value is -1.75. The van der Waals surface area contributed by atoms with Crippen molar-refractivity contribution in [1.29, 1.82) is 0 Å². The molecule has 2 aliphatic rings. The molecule has 29 heavy (non-hydrogen) atoms. The fourth-order valence-corrected chi connectivity index (χ4v) is 4.90. The Balaban J connectivity index is 1.55. The van der Waals surface area contributed by atoms with Crippen LogP contribution in [0.25, 0.3) is 0 Å². The molecule has 0 saturated carbocycles. The predicted octanol–water partition coefficient (Wildman–Crippen LogP) is 5.90. The summed E-state index contributed by atoms with van der Waals surface area (Å²) in [5, 5.41) is 0.721. The molecule has 1 fully saturated rings. The normalized spacial score (nSPS) is 17.8. The molecule has 2 aliphatic heterocycles. The zero-order valence-electron chi connectivity index (χ0n) is 16.2. The minimum absolute atomic E-state index is 0.0961. The number of rotatable bonds is 1. The number of ether oxygens (including phenoxy) is 1. The van der Waals surface area contributed by atoms with Gasteiger partial charge in [0.05, 0.1) is 32.6 Å². The van der Waals surface area contributed by atoms with Gasteiger partial charge < -0.3 is 9.64 Å². The number of fused-ring (bicyclic) bond motifs is 1. The molecule has 0 bridgehead atoms. The van der Waals surface area contributed by atoms with Crippen molar-refractivity contribution < 1.29 is 14.3 Å². The van der Waals surface area contributed by atoms with Crippen LogP contribution in [-0.4, -0.2) is 35.3 Å². The Labute approximate surface area is 184 Å². The first kappa shape index (κ1) is 20.5. The van der Waals surface area contributed by atoms with Crippen molar-refractivity contribution >= 4 is 46.5 Å². The van der Waals surface area contributed by atoms with Crippen molar-refractivity contribution in [3.8, 4) is 5.75 Å². The van der Waals surface area contributed by atoms with E-state index < -0.39 is 5.60 Å². The number of likely N-dealkylation sites (tertiary alicyclic amines) is 1. The maximum atomic E-state index is 13.0. The minimum atomic E-state index is -0.581. The molecular formula is C22H20Cl3NO3. The number of benzene rings is 2. The second kappa shape index (κ2) is 7.50. The number of carbonyl (C=O) groups is 2. The molecule has 0 N–H and O–H groups in total. The highest BCUT2D eigenvalue weighted by atomic mass is 35.5. The molecule has 1 spiro atoms. The lowest BCUT2D eigenvalue weighted by molar-refractivity contribution is -0.00617. The van der Waals surface area contributed by atoms with Gasteiger partial charge in [0.25, 0.3) is 5.91 Å². The molecule has 0 unspecified atom stereocenters. The lowest BCUT2D eigenvalue weighted by Crippen LogP contribution is -2.52. The molecule has 1 amide bonds. The van der Waals surface area contributed by atoms with Crippen LogP contribution in [0.3, 0.4) is 0 Å². The van der Waals surface area contributed by atoms with Gasteiger partial charge in [0.15, 0.2) is 5.78 Å². The summed E-state index contributed by atoms with van der Waals surface area (Å²) in [6.07, 6.45) is 1.45. The van der Waals surface area contributed by atoms with Gasteiger partial charge in [-0.1, -0.05) is 40.9 Å². The molecule has 4 nitrogen and oxygen atoms in total. The molecule has 4 rings (SSSR count). The molecule has 2 aromatic carbocycles. The van der Waals surface area contributed by atoms with Gasteiger partial charge in [-0.05, 0) is 43.2 Å². The molecule has 1 saturated heterocycles.